The largest absolute Gasteiger partial charge is 0.476 e. The van der Waals surface area contributed by atoms with Crippen molar-refractivity contribution in [2.45, 2.75) is 96.9 Å². The molecule has 0 radical (unpaired) electrons. The molecular formula is C34H52N4O8. The average molecular weight is 645 g/mol. The normalized spacial score (nSPS) is 21.3. The first-order valence-electron chi connectivity index (χ1n) is 16.2. The van der Waals surface area contributed by atoms with Gasteiger partial charge in [-0.05, 0) is 92.3 Å². The number of ether oxygens (including phenoxy) is 4. The molecule has 0 unspecified atom stereocenters. The molecule has 4 amide bonds. The number of hydrogen-bond donors (Lipinski definition) is 1. The lowest BCUT2D eigenvalue weighted by atomic mass is 9.86. The van der Waals surface area contributed by atoms with E-state index in [9.17, 15) is 19.2 Å². The second-order valence-corrected chi connectivity index (χ2v) is 14.8. The molecule has 1 N–H and O–H groups in total. The smallest absolute Gasteiger partial charge is 0.410 e. The van der Waals surface area contributed by atoms with Crippen LogP contribution in [0.1, 0.15) is 74.1 Å². The molecule has 12 heteroatoms. The molecule has 1 aromatic rings. The second kappa shape index (κ2) is 13.8. The molecule has 1 aliphatic carbocycles. The molecule has 1 aromatic carbocycles. The molecular weight excluding hydrogens is 592 g/mol. The summed E-state index contributed by atoms with van der Waals surface area (Å²) in [4.78, 5) is 59.7. The van der Waals surface area contributed by atoms with E-state index in [1.165, 1.54) is 4.90 Å². The lowest BCUT2D eigenvalue weighted by Gasteiger charge is -2.41. The van der Waals surface area contributed by atoms with Crippen molar-refractivity contribution in [1.29, 1.82) is 0 Å². The molecule has 256 valence electrons. The van der Waals surface area contributed by atoms with Crippen molar-refractivity contribution in [2.75, 3.05) is 56.9 Å². The zero-order valence-corrected chi connectivity index (χ0v) is 28.9. The Morgan fingerprint density at radius 2 is 1.72 bits per heavy atom. The predicted molar refractivity (Wildman–Crippen MR) is 174 cm³/mol. The summed E-state index contributed by atoms with van der Waals surface area (Å²) >= 11 is 0. The summed E-state index contributed by atoms with van der Waals surface area (Å²) in [7, 11) is 3.20. The van der Waals surface area contributed by atoms with Crippen molar-refractivity contribution in [3.8, 4) is 5.75 Å². The highest BCUT2D eigenvalue weighted by atomic mass is 16.6. The number of piperidine rings is 1. The number of rotatable bonds is 11. The molecule has 2 aliphatic heterocycles. The Balaban J connectivity index is 1.65. The van der Waals surface area contributed by atoms with Crippen molar-refractivity contribution in [3.05, 3.63) is 18.2 Å². The fourth-order valence-corrected chi connectivity index (χ4v) is 6.12. The maximum absolute atomic E-state index is 14.5. The molecule has 2 fully saturated rings. The van der Waals surface area contributed by atoms with Crippen LogP contribution in [0, 0.1) is 11.8 Å². The lowest BCUT2D eigenvalue weighted by Crippen LogP contribution is -2.56. The van der Waals surface area contributed by atoms with Crippen LogP contribution in [0.5, 0.6) is 5.75 Å². The Morgan fingerprint density at radius 1 is 1.04 bits per heavy atom. The summed E-state index contributed by atoms with van der Waals surface area (Å²) in [6, 6.07) is 5.48. The second-order valence-electron chi connectivity index (χ2n) is 14.8. The fraction of sp³-hybridized carbons (Fsp3) is 0.706. The first-order chi connectivity index (χ1) is 21.5. The number of nitrogens with one attached hydrogen (secondary N) is 1. The highest BCUT2D eigenvalue weighted by Crippen LogP contribution is 2.43. The summed E-state index contributed by atoms with van der Waals surface area (Å²) in [6.07, 6.45) is 2.03. The zero-order chi connectivity index (χ0) is 34.0. The standard InChI is InChI=1S/C34H52N4O8/c1-32(2,3)46-31(42)36-19-22(28(39)35-33(4,5)21-44-9)17-23(20-36)29(40)38(24-11-12-24)25-13-14-27-26(18-25)37(15-10-16-43-8)30(41)34(6,7)45-27/h13-14,18,22-24H,10-12,15-17,19-21H2,1-9H3,(H,35,39)/t22-,23+/m0/s1. The number of anilines is 2. The number of carbonyl (C=O) groups excluding carboxylic acids is 4. The lowest BCUT2D eigenvalue weighted by molar-refractivity contribution is -0.133. The first kappa shape index (κ1) is 35.5. The van der Waals surface area contributed by atoms with Gasteiger partial charge < -0.3 is 39.0 Å². The number of carbonyl (C=O) groups is 4. The molecule has 3 aliphatic rings. The van der Waals surface area contributed by atoms with E-state index in [0.717, 1.165) is 12.8 Å². The van der Waals surface area contributed by atoms with E-state index in [-0.39, 0.29) is 43.3 Å². The van der Waals surface area contributed by atoms with Crippen molar-refractivity contribution in [1.82, 2.24) is 10.2 Å². The third-order valence-electron chi connectivity index (χ3n) is 8.31. The number of methoxy groups -OCH3 is 2. The predicted octanol–water partition coefficient (Wildman–Crippen LogP) is 4.14. The zero-order valence-electron chi connectivity index (χ0n) is 28.9. The number of nitrogens with zero attached hydrogens (tertiary/aromatic N) is 3. The van der Waals surface area contributed by atoms with Gasteiger partial charge in [0, 0.05) is 52.2 Å². The molecule has 1 saturated heterocycles. The van der Waals surface area contributed by atoms with Crippen LogP contribution in [0.4, 0.5) is 16.2 Å². The summed E-state index contributed by atoms with van der Waals surface area (Å²) < 4.78 is 22.3. The third-order valence-corrected chi connectivity index (χ3v) is 8.31. The monoisotopic (exact) mass is 644 g/mol. The number of benzene rings is 1. The van der Waals surface area contributed by atoms with Gasteiger partial charge in [0.25, 0.3) is 5.91 Å². The van der Waals surface area contributed by atoms with Gasteiger partial charge in [-0.25, -0.2) is 4.79 Å². The van der Waals surface area contributed by atoms with Crippen LogP contribution < -0.4 is 19.9 Å². The van der Waals surface area contributed by atoms with E-state index in [1.807, 2.05) is 32.0 Å². The van der Waals surface area contributed by atoms with Gasteiger partial charge in [0.2, 0.25) is 11.8 Å². The summed E-state index contributed by atoms with van der Waals surface area (Å²) in [5.74, 6) is -1.28. The number of amides is 4. The Bertz CT molecular complexity index is 1300. The molecule has 0 aromatic heterocycles. The van der Waals surface area contributed by atoms with Crippen LogP contribution >= 0.6 is 0 Å². The van der Waals surface area contributed by atoms with E-state index < -0.39 is 34.7 Å². The quantitative estimate of drug-likeness (QED) is 0.357. The minimum atomic E-state index is -1.03. The van der Waals surface area contributed by atoms with Crippen molar-refractivity contribution in [3.63, 3.8) is 0 Å². The van der Waals surface area contributed by atoms with Gasteiger partial charge in [-0.1, -0.05) is 0 Å². The minimum absolute atomic E-state index is 0.0195. The number of hydrogen-bond acceptors (Lipinski definition) is 8. The molecule has 1 saturated carbocycles. The van der Waals surface area contributed by atoms with E-state index in [0.29, 0.717) is 43.3 Å². The Hall–Kier alpha value is -3.38. The van der Waals surface area contributed by atoms with Gasteiger partial charge in [0.05, 0.1) is 29.7 Å². The van der Waals surface area contributed by atoms with Crippen molar-refractivity contribution in [2.24, 2.45) is 11.8 Å². The van der Waals surface area contributed by atoms with Gasteiger partial charge in [-0.2, -0.15) is 0 Å². The maximum atomic E-state index is 14.5. The fourth-order valence-electron chi connectivity index (χ4n) is 6.12. The third kappa shape index (κ3) is 8.50. The van der Waals surface area contributed by atoms with E-state index in [1.54, 1.807) is 58.6 Å². The van der Waals surface area contributed by atoms with Gasteiger partial charge in [0.1, 0.15) is 11.4 Å². The molecule has 0 spiro atoms. The van der Waals surface area contributed by atoms with Crippen molar-refractivity contribution >= 4 is 35.2 Å². The van der Waals surface area contributed by atoms with Gasteiger partial charge in [0.15, 0.2) is 5.60 Å². The Labute approximate surface area is 273 Å². The topological polar surface area (TPSA) is 127 Å². The highest BCUT2D eigenvalue weighted by molar-refractivity contribution is 6.04. The Morgan fingerprint density at radius 3 is 2.33 bits per heavy atom. The molecule has 2 atom stereocenters. The van der Waals surface area contributed by atoms with Crippen LogP contribution in [0.2, 0.25) is 0 Å². The van der Waals surface area contributed by atoms with Gasteiger partial charge >= 0.3 is 6.09 Å². The summed E-state index contributed by atoms with van der Waals surface area (Å²) in [5.41, 5.74) is -1.15. The van der Waals surface area contributed by atoms with Crippen LogP contribution in [-0.4, -0.2) is 98.6 Å². The van der Waals surface area contributed by atoms with Crippen molar-refractivity contribution < 1.29 is 38.1 Å². The molecule has 2 heterocycles. The van der Waals surface area contributed by atoms with Gasteiger partial charge in [-0.3, -0.25) is 14.4 Å². The van der Waals surface area contributed by atoms with E-state index >= 15 is 0 Å². The molecule has 4 rings (SSSR count). The minimum Gasteiger partial charge on any atom is -0.476 e. The summed E-state index contributed by atoms with van der Waals surface area (Å²) in [5, 5.41) is 3.03. The van der Waals surface area contributed by atoms with Crippen LogP contribution in [0.25, 0.3) is 0 Å². The average Bonchev–Trinajstić information content (AvgIpc) is 3.79. The summed E-state index contributed by atoms with van der Waals surface area (Å²) in [6.45, 7) is 14.1. The molecule has 46 heavy (non-hydrogen) atoms. The maximum Gasteiger partial charge on any atom is 0.410 e. The van der Waals surface area contributed by atoms with Crippen LogP contribution in [0.15, 0.2) is 18.2 Å². The molecule has 12 nitrogen and oxygen atoms in total. The number of likely N-dealkylation sites (tertiary alicyclic amines) is 1. The van der Waals surface area contributed by atoms with Gasteiger partial charge in [-0.15, -0.1) is 0 Å². The molecule has 0 bridgehead atoms. The SMILES string of the molecule is COCCCN1C(=O)C(C)(C)Oc2ccc(N(C(=O)[C@@H]3C[C@H](C(=O)NC(C)(C)COC)CN(C(=O)OC(C)(C)C)C3)C3CC3)cc21. The van der Waals surface area contributed by atoms with Crippen LogP contribution in [0.3, 0.4) is 0 Å². The Kier molecular flexibility index (Phi) is 10.6. The van der Waals surface area contributed by atoms with E-state index in [4.69, 9.17) is 18.9 Å². The van der Waals surface area contributed by atoms with E-state index in [2.05, 4.69) is 5.32 Å². The highest BCUT2D eigenvalue weighted by Gasteiger charge is 2.45. The first-order valence-corrected chi connectivity index (χ1v) is 16.2. The number of fused-ring (bicyclic) bond motifs is 1. The van der Waals surface area contributed by atoms with Crippen LogP contribution in [-0.2, 0) is 28.6 Å².